The van der Waals surface area contributed by atoms with Crippen LogP contribution in [0.5, 0.6) is 0 Å². The Hall–Kier alpha value is -1.57. The normalized spacial score (nSPS) is 11.3. The Balaban J connectivity index is 2.74. The molecular weight excluding hydrogens is 340 g/mol. The molecule has 0 spiro atoms. The zero-order valence-electron chi connectivity index (χ0n) is 12.7. The first-order chi connectivity index (χ1) is 9.72. The summed E-state index contributed by atoms with van der Waals surface area (Å²) in [6.07, 6.45) is 0.791. The number of carboxylic acids is 1. The number of aromatic nitrogens is 2. The smallest absolute Gasteiger partial charge is 0.328 e. The van der Waals surface area contributed by atoms with Crippen LogP contribution < -0.4 is 10.6 Å². The maximum absolute atomic E-state index is 11.8. The first-order valence-electron chi connectivity index (χ1n) is 6.76. The zero-order chi connectivity index (χ0) is 16.2. The number of aryl methyl sites for hydroxylation is 2. The molecule has 1 aromatic rings. The van der Waals surface area contributed by atoms with Crippen molar-refractivity contribution in [1.82, 2.24) is 20.4 Å². The van der Waals surface area contributed by atoms with Gasteiger partial charge in [-0.2, -0.15) is 5.10 Å². The molecule has 0 radical (unpaired) electrons. The largest absolute Gasteiger partial charge is 0.480 e. The number of nitrogens with zero attached hydrogens (tertiary/aromatic N) is 2. The average Bonchev–Trinajstić information content (AvgIpc) is 2.71. The van der Waals surface area contributed by atoms with Crippen LogP contribution in [0.3, 0.4) is 0 Å². The third kappa shape index (κ3) is 4.20. The van der Waals surface area contributed by atoms with Crippen molar-refractivity contribution in [2.75, 3.05) is 0 Å². The highest BCUT2D eigenvalue weighted by molar-refractivity contribution is 9.10. The molecule has 1 rings (SSSR count). The van der Waals surface area contributed by atoms with Crippen LogP contribution in [0.1, 0.15) is 39.1 Å². The maximum Gasteiger partial charge on any atom is 0.328 e. The van der Waals surface area contributed by atoms with Gasteiger partial charge in [-0.3, -0.25) is 4.68 Å². The number of carboxylic acid groups (broad SMARTS) is 1. The Morgan fingerprint density at radius 2 is 2.00 bits per heavy atom. The summed E-state index contributed by atoms with van der Waals surface area (Å²) in [5.74, 6) is -1.09. The summed E-state index contributed by atoms with van der Waals surface area (Å²) < 4.78 is 2.69. The molecule has 2 amide bonds. The number of hydrogen-bond acceptors (Lipinski definition) is 3. The minimum atomic E-state index is -1.32. The summed E-state index contributed by atoms with van der Waals surface area (Å²) >= 11 is 3.49. The van der Waals surface area contributed by atoms with E-state index in [2.05, 4.69) is 31.7 Å². The zero-order valence-corrected chi connectivity index (χ0v) is 14.2. The lowest BCUT2D eigenvalue weighted by Crippen LogP contribution is -2.53. The van der Waals surface area contributed by atoms with Gasteiger partial charge in [0.05, 0.1) is 22.4 Å². The number of urea groups is 1. The van der Waals surface area contributed by atoms with E-state index in [1.807, 2.05) is 18.5 Å². The van der Waals surface area contributed by atoms with Gasteiger partial charge >= 0.3 is 12.0 Å². The Kier molecular flexibility index (Phi) is 5.77. The molecule has 0 fully saturated rings. The lowest BCUT2D eigenvalue weighted by Gasteiger charge is -2.21. The van der Waals surface area contributed by atoms with Crippen molar-refractivity contribution >= 4 is 27.9 Å². The Morgan fingerprint density at radius 1 is 1.38 bits per heavy atom. The van der Waals surface area contributed by atoms with E-state index in [1.54, 1.807) is 0 Å². The summed E-state index contributed by atoms with van der Waals surface area (Å²) in [5.41, 5.74) is 0.471. The van der Waals surface area contributed by atoms with E-state index < -0.39 is 17.5 Å². The second-order valence-corrected chi connectivity index (χ2v) is 5.91. The number of rotatable bonds is 6. The van der Waals surface area contributed by atoms with Crippen LogP contribution in [0.2, 0.25) is 0 Å². The predicted molar refractivity (Wildman–Crippen MR) is 82.1 cm³/mol. The maximum atomic E-state index is 11.8. The van der Waals surface area contributed by atoms with Gasteiger partial charge in [-0.15, -0.1) is 0 Å². The van der Waals surface area contributed by atoms with Gasteiger partial charge in [0.1, 0.15) is 5.54 Å². The van der Waals surface area contributed by atoms with Gasteiger partial charge in [0.2, 0.25) is 0 Å². The molecule has 0 aliphatic rings. The SMILES string of the molecule is CCc1nn(CC)c(CNC(=O)NC(C)(C)C(=O)O)c1Br. The third-order valence-electron chi connectivity index (χ3n) is 3.07. The van der Waals surface area contributed by atoms with Crippen molar-refractivity contribution in [3.05, 3.63) is 15.9 Å². The summed E-state index contributed by atoms with van der Waals surface area (Å²) in [6, 6.07) is -0.531. The van der Waals surface area contributed by atoms with Crippen molar-refractivity contribution in [2.24, 2.45) is 0 Å². The number of halogens is 1. The van der Waals surface area contributed by atoms with Crippen LogP contribution in [-0.2, 0) is 24.3 Å². The highest BCUT2D eigenvalue weighted by Gasteiger charge is 2.29. The van der Waals surface area contributed by atoms with Crippen molar-refractivity contribution in [2.45, 2.75) is 52.7 Å². The van der Waals surface area contributed by atoms with Gasteiger partial charge in [-0.05, 0) is 43.1 Å². The Labute approximate surface area is 132 Å². The van der Waals surface area contributed by atoms with E-state index in [-0.39, 0.29) is 6.54 Å². The molecule has 118 valence electrons. The highest BCUT2D eigenvalue weighted by atomic mass is 79.9. The molecule has 0 unspecified atom stereocenters. The highest BCUT2D eigenvalue weighted by Crippen LogP contribution is 2.22. The van der Waals surface area contributed by atoms with Gasteiger partial charge in [0, 0.05) is 6.54 Å². The standard InChI is InChI=1S/C13H21BrN4O3/c1-5-8-10(14)9(18(6-2)17-8)7-15-12(21)16-13(3,4)11(19)20/h5-7H2,1-4H3,(H,19,20)(H2,15,16,21). The van der Waals surface area contributed by atoms with Gasteiger partial charge in [0.15, 0.2) is 0 Å². The number of nitrogens with one attached hydrogen (secondary N) is 2. The molecule has 8 heteroatoms. The molecule has 0 bridgehead atoms. The quantitative estimate of drug-likeness (QED) is 0.721. The van der Waals surface area contributed by atoms with E-state index in [0.717, 1.165) is 22.3 Å². The molecule has 1 heterocycles. The second-order valence-electron chi connectivity index (χ2n) is 5.11. The van der Waals surface area contributed by atoms with Crippen molar-refractivity contribution in [1.29, 1.82) is 0 Å². The monoisotopic (exact) mass is 360 g/mol. The van der Waals surface area contributed by atoms with E-state index in [4.69, 9.17) is 5.11 Å². The van der Waals surface area contributed by atoms with Gasteiger partial charge < -0.3 is 15.7 Å². The number of carbonyl (C=O) groups is 2. The lowest BCUT2D eigenvalue weighted by molar-refractivity contribution is -0.142. The van der Waals surface area contributed by atoms with Crippen LogP contribution in [0.15, 0.2) is 4.47 Å². The van der Waals surface area contributed by atoms with Gasteiger partial charge in [-0.25, -0.2) is 9.59 Å². The number of aliphatic carboxylic acids is 1. The average molecular weight is 361 g/mol. The third-order valence-corrected chi connectivity index (χ3v) is 3.99. The van der Waals surface area contributed by atoms with Crippen LogP contribution in [0, 0.1) is 0 Å². The Morgan fingerprint density at radius 3 is 2.48 bits per heavy atom. The molecule has 0 aliphatic heterocycles. The minimum Gasteiger partial charge on any atom is -0.480 e. The second kappa shape index (κ2) is 6.93. The summed E-state index contributed by atoms with van der Waals surface area (Å²) in [6.45, 7) is 7.79. The number of carbonyl (C=O) groups excluding carboxylic acids is 1. The molecule has 3 N–H and O–H groups in total. The fraction of sp³-hybridized carbons (Fsp3) is 0.615. The van der Waals surface area contributed by atoms with E-state index >= 15 is 0 Å². The summed E-state index contributed by atoms with van der Waals surface area (Å²) in [5, 5.41) is 18.5. The molecule has 0 saturated carbocycles. The van der Waals surface area contributed by atoms with Crippen molar-refractivity contribution in [3.63, 3.8) is 0 Å². The molecule has 0 saturated heterocycles. The lowest BCUT2D eigenvalue weighted by atomic mass is 10.1. The molecular formula is C13H21BrN4O3. The first-order valence-corrected chi connectivity index (χ1v) is 7.55. The van der Waals surface area contributed by atoms with Gasteiger partial charge in [0.25, 0.3) is 0 Å². The molecule has 0 aliphatic carbocycles. The van der Waals surface area contributed by atoms with Crippen LogP contribution >= 0.6 is 15.9 Å². The van der Waals surface area contributed by atoms with Crippen molar-refractivity contribution in [3.8, 4) is 0 Å². The van der Waals surface area contributed by atoms with Crippen LogP contribution in [0.4, 0.5) is 4.79 Å². The number of hydrogen-bond donors (Lipinski definition) is 3. The Bertz CT molecular complexity index is 540. The molecule has 1 aromatic heterocycles. The van der Waals surface area contributed by atoms with E-state index in [1.165, 1.54) is 13.8 Å². The van der Waals surface area contributed by atoms with Crippen LogP contribution in [-0.4, -0.2) is 32.4 Å². The summed E-state index contributed by atoms with van der Waals surface area (Å²) in [7, 11) is 0. The molecule has 0 atom stereocenters. The van der Waals surface area contributed by atoms with E-state index in [0.29, 0.717) is 6.54 Å². The van der Waals surface area contributed by atoms with Gasteiger partial charge in [-0.1, -0.05) is 6.92 Å². The van der Waals surface area contributed by atoms with Crippen LogP contribution in [0.25, 0.3) is 0 Å². The predicted octanol–water partition coefficient (Wildman–Crippen LogP) is 1.89. The minimum absolute atomic E-state index is 0.267. The number of amides is 2. The fourth-order valence-electron chi connectivity index (χ4n) is 1.73. The summed E-state index contributed by atoms with van der Waals surface area (Å²) in [4.78, 5) is 22.8. The first kappa shape index (κ1) is 17.5. The molecule has 7 nitrogen and oxygen atoms in total. The fourth-order valence-corrected chi connectivity index (χ4v) is 2.44. The van der Waals surface area contributed by atoms with Crippen molar-refractivity contribution < 1.29 is 14.7 Å². The van der Waals surface area contributed by atoms with E-state index in [9.17, 15) is 9.59 Å². The molecule has 0 aromatic carbocycles. The topological polar surface area (TPSA) is 96.3 Å². The molecule has 21 heavy (non-hydrogen) atoms.